The van der Waals surface area contributed by atoms with Crippen LogP contribution in [0.1, 0.15) is 19.3 Å². The molecule has 0 bridgehead atoms. The van der Waals surface area contributed by atoms with E-state index in [0.29, 0.717) is 12.6 Å². The van der Waals surface area contributed by atoms with Gasteiger partial charge in [0.25, 0.3) is 0 Å². The van der Waals surface area contributed by atoms with E-state index in [9.17, 15) is 4.79 Å². The molecular formula is C15H22N2O2. The first-order valence-corrected chi connectivity index (χ1v) is 6.89. The van der Waals surface area contributed by atoms with E-state index in [1.807, 2.05) is 13.1 Å². The molecule has 0 saturated carbocycles. The van der Waals surface area contributed by atoms with Crippen molar-refractivity contribution >= 4 is 11.7 Å². The van der Waals surface area contributed by atoms with Gasteiger partial charge < -0.3 is 14.9 Å². The lowest BCUT2D eigenvalue weighted by molar-refractivity contribution is -0.137. The number of carboxylic acids is 1. The first kappa shape index (κ1) is 13.9. The number of rotatable bonds is 5. The third-order valence-corrected chi connectivity index (χ3v) is 3.82. The standard InChI is InChI=1S/C15H22N2O2/c1-16(11-9-15(18)19)14-8-5-10-17(12-14)13-6-3-2-4-7-13/h2-4,6-7,14H,5,8-12H2,1H3,(H,18,19). The molecular weight excluding hydrogens is 240 g/mol. The van der Waals surface area contributed by atoms with Crippen LogP contribution >= 0.6 is 0 Å². The van der Waals surface area contributed by atoms with Gasteiger partial charge in [-0.15, -0.1) is 0 Å². The van der Waals surface area contributed by atoms with E-state index in [2.05, 4.69) is 34.1 Å². The lowest BCUT2D eigenvalue weighted by Crippen LogP contribution is -2.47. The van der Waals surface area contributed by atoms with E-state index in [4.69, 9.17) is 5.11 Å². The van der Waals surface area contributed by atoms with Gasteiger partial charge in [-0.25, -0.2) is 0 Å². The van der Waals surface area contributed by atoms with E-state index in [0.717, 1.165) is 25.9 Å². The largest absolute Gasteiger partial charge is 0.481 e. The van der Waals surface area contributed by atoms with Crippen LogP contribution < -0.4 is 4.90 Å². The van der Waals surface area contributed by atoms with Gasteiger partial charge in [0.2, 0.25) is 0 Å². The molecule has 19 heavy (non-hydrogen) atoms. The molecule has 1 unspecified atom stereocenters. The van der Waals surface area contributed by atoms with Crippen molar-refractivity contribution in [2.75, 3.05) is 31.6 Å². The minimum atomic E-state index is -0.720. The van der Waals surface area contributed by atoms with Crippen molar-refractivity contribution < 1.29 is 9.90 Å². The van der Waals surface area contributed by atoms with Crippen LogP contribution in [0.25, 0.3) is 0 Å². The minimum Gasteiger partial charge on any atom is -0.481 e. The summed E-state index contributed by atoms with van der Waals surface area (Å²) in [6, 6.07) is 10.9. The highest BCUT2D eigenvalue weighted by molar-refractivity contribution is 5.66. The summed E-state index contributed by atoms with van der Waals surface area (Å²) < 4.78 is 0. The van der Waals surface area contributed by atoms with Crippen LogP contribution in [0, 0.1) is 0 Å². The van der Waals surface area contributed by atoms with Crippen molar-refractivity contribution in [1.29, 1.82) is 0 Å². The van der Waals surface area contributed by atoms with E-state index in [1.54, 1.807) is 0 Å². The Balaban J connectivity index is 1.91. The number of anilines is 1. The molecule has 1 aliphatic heterocycles. The molecule has 1 aromatic rings. The molecule has 104 valence electrons. The minimum absolute atomic E-state index is 0.221. The molecule has 4 heteroatoms. The SMILES string of the molecule is CN(CCC(=O)O)C1CCCN(c2ccccc2)C1. The average molecular weight is 262 g/mol. The quantitative estimate of drug-likeness (QED) is 0.882. The molecule has 0 spiro atoms. The highest BCUT2D eigenvalue weighted by Crippen LogP contribution is 2.21. The Hall–Kier alpha value is -1.55. The monoisotopic (exact) mass is 262 g/mol. The van der Waals surface area contributed by atoms with E-state index in [1.165, 1.54) is 5.69 Å². The van der Waals surface area contributed by atoms with Crippen LogP contribution in [0.3, 0.4) is 0 Å². The molecule has 0 aromatic heterocycles. The Labute approximate surface area is 114 Å². The molecule has 1 aliphatic rings. The number of aliphatic carboxylic acids is 1. The molecule has 1 aromatic carbocycles. The number of piperidine rings is 1. The number of carbonyl (C=O) groups is 1. The van der Waals surface area contributed by atoms with Gasteiger partial charge in [0, 0.05) is 31.4 Å². The van der Waals surface area contributed by atoms with Crippen LogP contribution in [0.4, 0.5) is 5.69 Å². The maximum atomic E-state index is 10.6. The lowest BCUT2D eigenvalue weighted by Gasteiger charge is -2.38. The maximum Gasteiger partial charge on any atom is 0.304 e. The Kier molecular flexibility index (Phi) is 4.80. The van der Waals surface area contributed by atoms with E-state index >= 15 is 0 Å². The predicted molar refractivity (Wildman–Crippen MR) is 76.6 cm³/mol. The van der Waals surface area contributed by atoms with Crippen LogP contribution in [-0.2, 0) is 4.79 Å². The molecule has 2 rings (SSSR count). The molecule has 0 radical (unpaired) electrons. The van der Waals surface area contributed by atoms with Gasteiger partial charge in [0.15, 0.2) is 0 Å². The first-order chi connectivity index (χ1) is 9.16. The summed E-state index contributed by atoms with van der Waals surface area (Å²) in [5.41, 5.74) is 1.26. The summed E-state index contributed by atoms with van der Waals surface area (Å²) in [6.45, 7) is 2.70. The third kappa shape index (κ3) is 3.96. The van der Waals surface area contributed by atoms with Crippen molar-refractivity contribution in [3.63, 3.8) is 0 Å². The smallest absolute Gasteiger partial charge is 0.304 e. The molecule has 1 atom stereocenters. The van der Waals surface area contributed by atoms with Crippen molar-refractivity contribution in [3.8, 4) is 0 Å². The second kappa shape index (κ2) is 6.57. The van der Waals surface area contributed by atoms with Crippen molar-refractivity contribution in [2.24, 2.45) is 0 Å². The summed E-state index contributed by atoms with van der Waals surface area (Å²) in [7, 11) is 2.03. The zero-order chi connectivity index (χ0) is 13.7. The average Bonchev–Trinajstić information content (AvgIpc) is 2.46. The van der Waals surface area contributed by atoms with Crippen molar-refractivity contribution in [3.05, 3.63) is 30.3 Å². The van der Waals surface area contributed by atoms with Crippen LogP contribution in [0.15, 0.2) is 30.3 Å². The molecule has 1 fully saturated rings. The Bertz CT molecular complexity index is 408. The zero-order valence-corrected chi connectivity index (χ0v) is 11.5. The number of likely N-dealkylation sites (N-methyl/N-ethyl adjacent to an activating group) is 1. The van der Waals surface area contributed by atoms with Crippen LogP contribution in [-0.4, -0.2) is 48.7 Å². The molecule has 4 nitrogen and oxygen atoms in total. The van der Waals surface area contributed by atoms with Crippen LogP contribution in [0.2, 0.25) is 0 Å². The van der Waals surface area contributed by atoms with E-state index < -0.39 is 5.97 Å². The fourth-order valence-corrected chi connectivity index (χ4v) is 2.64. The highest BCUT2D eigenvalue weighted by atomic mass is 16.4. The summed E-state index contributed by atoms with van der Waals surface area (Å²) in [5, 5.41) is 8.75. The predicted octanol–water partition coefficient (Wildman–Crippen LogP) is 2.06. The van der Waals surface area contributed by atoms with Gasteiger partial charge in [-0.1, -0.05) is 18.2 Å². The van der Waals surface area contributed by atoms with Gasteiger partial charge in [-0.3, -0.25) is 4.79 Å². The number of hydrogen-bond acceptors (Lipinski definition) is 3. The second-order valence-electron chi connectivity index (χ2n) is 5.20. The number of benzene rings is 1. The Morgan fingerprint density at radius 1 is 1.42 bits per heavy atom. The summed E-state index contributed by atoms with van der Waals surface area (Å²) in [5.74, 6) is -0.720. The fraction of sp³-hybridized carbons (Fsp3) is 0.533. The van der Waals surface area contributed by atoms with Gasteiger partial charge in [0.05, 0.1) is 6.42 Å². The lowest BCUT2D eigenvalue weighted by atomic mass is 10.0. The summed E-state index contributed by atoms with van der Waals surface area (Å²) >= 11 is 0. The molecule has 0 aliphatic carbocycles. The Morgan fingerprint density at radius 2 is 2.16 bits per heavy atom. The van der Waals surface area contributed by atoms with Gasteiger partial charge >= 0.3 is 5.97 Å². The second-order valence-corrected chi connectivity index (χ2v) is 5.20. The summed E-state index contributed by atoms with van der Waals surface area (Å²) in [4.78, 5) is 15.2. The zero-order valence-electron chi connectivity index (χ0n) is 11.5. The van der Waals surface area contributed by atoms with Gasteiger partial charge in [-0.05, 0) is 32.0 Å². The van der Waals surface area contributed by atoms with Crippen molar-refractivity contribution in [1.82, 2.24) is 4.90 Å². The number of carboxylic acid groups (broad SMARTS) is 1. The van der Waals surface area contributed by atoms with Crippen molar-refractivity contribution in [2.45, 2.75) is 25.3 Å². The number of para-hydroxylation sites is 1. The first-order valence-electron chi connectivity index (χ1n) is 6.89. The van der Waals surface area contributed by atoms with E-state index in [-0.39, 0.29) is 6.42 Å². The molecule has 1 saturated heterocycles. The molecule has 1 N–H and O–H groups in total. The summed E-state index contributed by atoms with van der Waals surface area (Å²) in [6.07, 6.45) is 2.54. The van der Waals surface area contributed by atoms with Crippen LogP contribution in [0.5, 0.6) is 0 Å². The molecule has 1 heterocycles. The number of hydrogen-bond donors (Lipinski definition) is 1. The topological polar surface area (TPSA) is 43.8 Å². The molecule has 0 amide bonds. The highest BCUT2D eigenvalue weighted by Gasteiger charge is 2.23. The third-order valence-electron chi connectivity index (χ3n) is 3.82. The van der Waals surface area contributed by atoms with Gasteiger partial charge in [-0.2, -0.15) is 0 Å². The normalized spacial score (nSPS) is 19.7. The Morgan fingerprint density at radius 3 is 2.84 bits per heavy atom. The number of nitrogens with zero attached hydrogens (tertiary/aromatic N) is 2. The fourth-order valence-electron chi connectivity index (χ4n) is 2.64. The maximum absolute atomic E-state index is 10.6. The van der Waals surface area contributed by atoms with Gasteiger partial charge in [0.1, 0.15) is 0 Å².